The number of carboxylic acid groups (broad SMARTS) is 1. The zero-order valence-corrected chi connectivity index (χ0v) is 24.1. The summed E-state index contributed by atoms with van der Waals surface area (Å²) in [5.74, 6) is -1.53. The molecule has 1 aliphatic rings. The number of halogens is 2. The van der Waals surface area contributed by atoms with E-state index in [1.807, 2.05) is 54.3 Å². The Balaban J connectivity index is 1.97. The first kappa shape index (κ1) is 29.1. The van der Waals surface area contributed by atoms with Crippen molar-refractivity contribution in [2.75, 3.05) is 0 Å². The molecule has 39 heavy (non-hydrogen) atoms. The first-order valence-electron chi connectivity index (χ1n) is 13.1. The summed E-state index contributed by atoms with van der Waals surface area (Å²) in [6.45, 7) is 7.05. The molecule has 0 saturated carbocycles. The Bertz CT molecular complexity index is 1360. The summed E-state index contributed by atoms with van der Waals surface area (Å²) < 4.78 is 0. The highest BCUT2D eigenvalue weighted by Crippen LogP contribution is 2.54. The number of pyridine rings is 1. The second kappa shape index (κ2) is 11.3. The van der Waals surface area contributed by atoms with Crippen LogP contribution in [0.4, 0.5) is 0 Å². The lowest BCUT2D eigenvalue weighted by atomic mass is 9.67. The number of nitrogens with zero attached hydrogens (tertiary/aromatic N) is 2. The van der Waals surface area contributed by atoms with Crippen LogP contribution in [0.1, 0.15) is 87.5 Å². The molecule has 0 spiro atoms. The van der Waals surface area contributed by atoms with Crippen LogP contribution in [0.15, 0.2) is 66.7 Å². The third-order valence-electron chi connectivity index (χ3n) is 7.59. The largest absolute Gasteiger partial charge is 0.481 e. The van der Waals surface area contributed by atoms with Gasteiger partial charge in [-0.2, -0.15) is 0 Å². The molecular weight excluding hydrogens is 535 g/mol. The molecule has 2 aromatic carbocycles. The number of aliphatic carboxylic acids is 1. The summed E-state index contributed by atoms with van der Waals surface area (Å²) in [7, 11) is 0. The number of aliphatic hydroxyl groups is 1. The Morgan fingerprint density at radius 1 is 1.08 bits per heavy atom. The zero-order chi connectivity index (χ0) is 28.5. The first-order chi connectivity index (χ1) is 18.3. The van der Waals surface area contributed by atoms with E-state index in [2.05, 4.69) is 0 Å². The molecular formula is C31H34Cl2N2O4. The molecule has 6 nitrogen and oxygen atoms in total. The highest BCUT2D eigenvalue weighted by Gasteiger charge is 2.52. The van der Waals surface area contributed by atoms with E-state index in [1.165, 1.54) is 0 Å². The maximum atomic E-state index is 14.5. The second-order valence-electron chi connectivity index (χ2n) is 11.1. The minimum absolute atomic E-state index is 0.245. The van der Waals surface area contributed by atoms with Gasteiger partial charge in [-0.05, 0) is 74.2 Å². The van der Waals surface area contributed by atoms with Gasteiger partial charge in [-0.25, -0.2) is 0 Å². The molecule has 3 aromatic rings. The normalized spacial score (nSPS) is 22.5. The third-order valence-corrected chi connectivity index (χ3v) is 8.08. The van der Waals surface area contributed by atoms with Crippen LogP contribution in [-0.2, 0) is 15.2 Å². The minimum atomic E-state index is -1.17. The number of rotatable bonds is 8. The number of carbonyl (C=O) groups excluding carboxylic acids is 1. The zero-order valence-electron chi connectivity index (χ0n) is 22.6. The third kappa shape index (κ3) is 6.13. The number of benzene rings is 2. The standard InChI is InChI=1S/C31H34Cl2N2O4/c1-5-25(24-10-7-11-26(34-24)30(2,3)39)35-28(19-12-14-21(32)15-13-19)23(20-8-6-9-22(33)16-20)17-31(4,29(35)38)18-27(36)37/h6-16,23,25,28,39H,5,17-18H2,1-4H3,(H,36,37)/t23-,25+,28-,31-/m1/s1. The first-order valence-corrected chi connectivity index (χ1v) is 13.8. The Kier molecular flexibility index (Phi) is 8.41. The van der Waals surface area contributed by atoms with E-state index in [4.69, 9.17) is 28.2 Å². The smallest absolute Gasteiger partial charge is 0.304 e. The van der Waals surface area contributed by atoms with Gasteiger partial charge in [0.05, 0.1) is 35.3 Å². The predicted octanol–water partition coefficient (Wildman–Crippen LogP) is 7.31. The van der Waals surface area contributed by atoms with Crippen molar-refractivity contribution in [2.24, 2.45) is 5.41 Å². The average Bonchev–Trinajstić information content (AvgIpc) is 2.87. The molecule has 8 heteroatoms. The maximum Gasteiger partial charge on any atom is 0.304 e. The van der Waals surface area contributed by atoms with Gasteiger partial charge in [0.25, 0.3) is 0 Å². The summed E-state index contributed by atoms with van der Waals surface area (Å²) in [6.07, 6.45) is 0.555. The van der Waals surface area contributed by atoms with E-state index < -0.39 is 29.1 Å². The van der Waals surface area contributed by atoms with Crippen LogP contribution in [0, 0.1) is 5.41 Å². The van der Waals surface area contributed by atoms with Gasteiger partial charge in [-0.3, -0.25) is 14.6 Å². The molecule has 0 aliphatic carbocycles. The highest BCUT2D eigenvalue weighted by molar-refractivity contribution is 6.30. The lowest BCUT2D eigenvalue weighted by Crippen LogP contribution is -2.53. The van der Waals surface area contributed by atoms with Crippen molar-refractivity contribution in [3.63, 3.8) is 0 Å². The number of hydrogen-bond donors (Lipinski definition) is 2. The minimum Gasteiger partial charge on any atom is -0.481 e. The maximum absolute atomic E-state index is 14.5. The molecule has 0 unspecified atom stereocenters. The number of piperidine rings is 1. The van der Waals surface area contributed by atoms with Gasteiger partial charge in [-0.1, -0.05) is 67.4 Å². The molecule has 1 aromatic heterocycles. The number of amides is 1. The van der Waals surface area contributed by atoms with Crippen molar-refractivity contribution >= 4 is 35.1 Å². The number of aromatic nitrogens is 1. The molecule has 2 N–H and O–H groups in total. The fourth-order valence-corrected chi connectivity index (χ4v) is 6.07. The van der Waals surface area contributed by atoms with Crippen LogP contribution < -0.4 is 0 Å². The van der Waals surface area contributed by atoms with Gasteiger partial charge in [0.1, 0.15) is 5.60 Å². The van der Waals surface area contributed by atoms with Gasteiger partial charge in [0, 0.05) is 16.0 Å². The van der Waals surface area contributed by atoms with E-state index >= 15 is 0 Å². The molecule has 1 aliphatic heterocycles. The van der Waals surface area contributed by atoms with Crippen molar-refractivity contribution in [1.29, 1.82) is 0 Å². The van der Waals surface area contributed by atoms with Crippen LogP contribution in [0.3, 0.4) is 0 Å². The Labute approximate surface area is 239 Å². The molecule has 1 saturated heterocycles. The van der Waals surface area contributed by atoms with E-state index in [-0.39, 0.29) is 18.2 Å². The Morgan fingerprint density at radius 3 is 2.33 bits per heavy atom. The molecule has 4 atom stereocenters. The number of hydrogen-bond acceptors (Lipinski definition) is 4. The van der Waals surface area contributed by atoms with E-state index in [9.17, 15) is 19.8 Å². The van der Waals surface area contributed by atoms with Crippen LogP contribution >= 0.6 is 23.2 Å². The van der Waals surface area contributed by atoms with E-state index in [0.29, 0.717) is 34.3 Å². The van der Waals surface area contributed by atoms with Crippen LogP contribution in [0.5, 0.6) is 0 Å². The van der Waals surface area contributed by atoms with Crippen molar-refractivity contribution < 1.29 is 19.8 Å². The molecule has 0 bridgehead atoms. The van der Waals surface area contributed by atoms with Crippen LogP contribution in [0.25, 0.3) is 0 Å². The van der Waals surface area contributed by atoms with E-state index in [0.717, 1.165) is 11.1 Å². The fourth-order valence-electron chi connectivity index (χ4n) is 5.75. The van der Waals surface area contributed by atoms with Gasteiger partial charge < -0.3 is 15.1 Å². The monoisotopic (exact) mass is 568 g/mol. The average molecular weight is 570 g/mol. The van der Waals surface area contributed by atoms with Crippen LogP contribution in [-0.4, -0.2) is 32.0 Å². The molecule has 4 rings (SSSR count). The SMILES string of the molecule is CC[C@@H](c1cccc(C(C)(C)O)n1)N1C(=O)[C@@](C)(CC(=O)O)C[C@H](c2cccc(Cl)c2)[C@H]1c1ccc(Cl)cc1. The van der Waals surface area contributed by atoms with Gasteiger partial charge in [-0.15, -0.1) is 0 Å². The van der Waals surface area contributed by atoms with Crippen molar-refractivity contribution in [3.05, 3.63) is 99.3 Å². The van der Waals surface area contributed by atoms with Gasteiger partial charge in [0.15, 0.2) is 0 Å². The van der Waals surface area contributed by atoms with Crippen molar-refractivity contribution in [1.82, 2.24) is 9.88 Å². The fraction of sp³-hybridized carbons (Fsp3) is 0.387. The Hall–Kier alpha value is -2.93. The summed E-state index contributed by atoms with van der Waals surface area (Å²) in [5.41, 5.74) is 0.594. The summed E-state index contributed by atoms with van der Waals surface area (Å²) >= 11 is 12.7. The van der Waals surface area contributed by atoms with Crippen molar-refractivity contribution in [3.8, 4) is 0 Å². The molecule has 2 heterocycles. The molecule has 206 valence electrons. The predicted molar refractivity (Wildman–Crippen MR) is 153 cm³/mol. The van der Waals surface area contributed by atoms with Crippen LogP contribution in [0.2, 0.25) is 10.0 Å². The van der Waals surface area contributed by atoms with E-state index in [1.54, 1.807) is 45.0 Å². The lowest BCUT2D eigenvalue weighted by molar-refractivity contribution is -0.161. The summed E-state index contributed by atoms with van der Waals surface area (Å²) in [4.78, 5) is 33.1. The molecule has 1 amide bonds. The van der Waals surface area contributed by atoms with Crippen molar-refractivity contribution in [2.45, 2.75) is 70.6 Å². The quantitative estimate of drug-likeness (QED) is 0.297. The topological polar surface area (TPSA) is 90.7 Å². The van der Waals surface area contributed by atoms with Gasteiger partial charge in [0.2, 0.25) is 5.91 Å². The highest BCUT2D eigenvalue weighted by atomic mass is 35.5. The molecule has 1 fully saturated rings. The number of carbonyl (C=O) groups is 2. The summed E-state index contributed by atoms with van der Waals surface area (Å²) in [5, 5.41) is 21.6. The lowest BCUT2D eigenvalue weighted by Gasteiger charge is -2.51. The summed E-state index contributed by atoms with van der Waals surface area (Å²) in [6, 6.07) is 19.5. The number of carboxylic acids is 1. The second-order valence-corrected chi connectivity index (χ2v) is 12.0. The van der Waals surface area contributed by atoms with Gasteiger partial charge >= 0.3 is 5.97 Å². The molecule has 0 radical (unpaired) electrons. The Morgan fingerprint density at radius 2 is 1.74 bits per heavy atom. The number of likely N-dealkylation sites (tertiary alicyclic amines) is 1.